The summed E-state index contributed by atoms with van der Waals surface area (Å²) >= 11 is 0. The summed E-state index contributed by atoms with van der Waals surface area (Å²) in [6, 6.07) is 6.10. The molecule has 1 aliphatic rings. The van der Waals surface area contributed by atoms with Crippen molar-refractivity contribution in [3.63, 3.8) is 0 Å². The van der Waals surface area contributed by atoms with E-state index in [4.69, 9.17) is 9.47 Å². The number of ether oxygens (including phenoxy) is 2. The van der Waals surface area contributed by atoms with Gasteiger partial charge >= 0.3 is 0 Å². The van der Waals surface area contributed by atoms with Crippen molar-refractivity contribution in [2.24, 2.45) is 0 Å². The van der Waals surface area contributed by atoms with Crippen LogP contribution in [0.1, 0.15) is 18.9 Å². The van der Waals surface area contributed by atoms with Crippen LogP contribution < -0.4 is 14.8 Å². The molecule has 1 aromatic carbocycles. The zero-order chi connectivity index (χ0) is 12.1. The van der Waals surface area contributed by atoms with E-state index in [9.17, 15) is 0 Å². The molecule has 3 heteroatoms. The van der Waals surface area contributed by atoms with Crippen LogP contribution in [0.25, 0.3) is 0 Å². The summed E-state index contributed by atoms with van der Waals surface area (Å²) in [6.45, 7) is 9.01. The Morgan fingerprint density at radius 2 is 2.06 bits per heavy atom. The quantitative estimate of drug-likeness (QED) is 0.811. The van der Waals surface area contributed by atoms with Gasteiger partial charge in [-0.1, -0.05) is 18.2 Å². The molecule has 0 saturated heterocycles. The molecule has 0 aromatic heterocycles. The van der Waals surface area contributed by atoms with Crippen molar-refractivity contribution in [2.75, 3.05) is 19.8 Å². The molecular weight excluding hydrogens is 214 g/mol. The molecule has 0 aliphatic carbocycles. The average molecular weight is 233 g/mol. The standard InChI is InChI=1S/C14H19NO2/c1-11(2)9-15-10-12-4-5-13-14(8-12)17-7-3-6-16-13/h4-5,8,15H,1,3,6-7,9-10H2,2H3. The van der Waals surface area contributed by atoms with Crippen molar-refractivity contribution in [1.82, 2.24) is 5.32 Å². The van der Waals surface area contributed by atoms with Gasteiger partial charge in [0, 0.05) is 19.5 Å². The highest BCUT2D eigenvalue weighted by Gasteiger charge is 2.10. The van der Waals surface area contributed by atoms with Gasteiger partial charge in [-0.25, -0.2) is 0 Å². The summed E-state index contributed by atoms with van der Waals surface area (Å²) in [5.41, 5.74) is 2.34. The summed E-state index contributed by atoms with van der Waals surface area (Å²) in [7, 11) is 0. The lowest BCUT2D eigenvalue weighted by atomic mass is 10.2. The number of fused-ring (bicyclic) bond motifs is 1. The van der Waals surface area contributed by atoms with E-state index >= 15 is 0 Å². The van der Waals surface area contributed by atoms with Gasteiger partial charge in [-0.3, -0.25) is 0 Å². The van der Waals surface area contributed by atoms with Crippen molar-refractivity contribution >= 4 is 0 Å². The van der Waals surface area contributed by atoms with Gasteiger partial charge in [-0.15, -0.1) is 0 Å². The first kappa shape index (κ1) is 12.0. The van der Waals surface area contributed by atoms with Gasteiger partial charge in [0.15, 0.2) is 11.5 Å². The van der Waals surface area contributed by atoms with E-state index in [1.54, 1.807) is 0 Å². The first-order valence-electron chi connectivity index (χ1n) is 5.99. The second-order valence-electron chi connectivity index (χ2n) is 4.39. The predicted octanol–water partition coefficient (Wildman–Crippen LogP) is 2.51. The van der Waals surface area contributed by atoms with Gasteiger partial charge in [-0.05, 0) is 24.6 Å². The minimum absolute atomic E-state index is 0.732. The molecule has 92 valence electrons. The molecule has 0 bridgehead atoms. The van der Waals surface area contributed by atoms with E-state index in [-0.39, 0.29) is 0 Å². The predicted molar refractivity (Wildman–Crippen MR) is 68.6 cm³/mol. The number of hydrogen-bond donors (Lipinski definition) is 1. The highest BCUT2D eigenvalue weighted by Crippen LogP contribution is 2.30. The molecule has 3 nitrogen and oxygen atoms in total. The van der Waals surface area contributed by atoms with E-state index in [0.29, 0.717) is 0 Å². The van der Waals surface area contributed by atoms with Crippen molar-refractivity contribution in [1.29, 1.82) is 0 Å². The van der Waals surface area contributed by atoms with Crippen molar-refractivity contribution < 1.29 is 9.47 Å². The minimum atomic E-state index is 0.732. The number of rotatable bonds is 4. The van der Waals surface area contributed by atoms with Crippen molar-refractivity contribution in [3.8, 4) is 11.5 Å². The van der Waals surface area contributed by atoms with E-state index in [2.05, 4.69) is 18.0 Å². The molecule has 17 heavy (non-hydrogen) atoms. The molecule has 0 spiro atoms. The molecule has 0 amide bonds. The molecule has 0 radical (unpaired) electrons. The van der Waals surface area contributed by atoms with Crippen LogP contribution in [0.3, 0.4) is 0 Å². The van der Waals surface area contributed by atoms with Crippen LogP contribution >= 0.6 is 0 Å². The second-order valence-corrected chi connectivity index (χ2v) is 4.39. The SMILES string of the molecule is C=C(C)CNCc1ccc2c(c1)OCCCO2. The molecule has 0 unspecified atom stereocenters. The average Bonchev–Trinajstić information content (AvgIpc) is 2.53. The van der Waals surface area contributed by atoms with Gasteiger partial charge in [0.2, 0.25) is 0 Å². The molecule has 0 fully saturated rings. The zero-order valence-corrected chi connectivity index (χ0v) is 10.3. The van der Waals surface area contributed by atoms with E-state index < -0.39 is 0 Å². The highest BCUT2D eigenvalue weighted by atomic mass is 16.5. The molecule has 2 rings (SSSR count). The highest BCUT2D eigenvalue weighted by molar-refractivity contribution is 5.43. The molecule has 0 saturated carbocycles. The Morgan fingerprint density at radius 3 is 2.82 bits per heavy atom. The third-order valence-electron chi connectivity index (χ3n) is 2.57. The lowest BCUT2D eigenvalue weighted by molar-refractivity contribution is 0.297. The monoisotopic (exact) mass is 233 g/mol. The smallest absolute Gasteiger partial charge is 0.161 e. The third kappa shape index (κ3) is 3.49. The maximum Gasteiger partial charge on any atom is 0.161 e. The molecule has 1 N–H and O–H groups in total. The van der Waals surface area contributed by atoms with Gasteiger partial charge in [0.1, 0.15) is 0 Å². The molecule has 1 aliphatic heterocycles. The Bertz CT molecular complexity index is 401. The second kappa shape index (κ2) is 5.73. The van der Waals surface area contributed by atoms with E-state index in [0.717, 1.165) is 49.8 Å². The first-order valence-corrected chi connectivity index (χ1v) is 5.99. The topological polar surface area (TPSA) is 30.5 Å². The molecule has 1 aromatic rings. The molecule has 1 heterocycles. The Hall–Kier alpha value is -1.48. The van der Waals surface area contributed by atoms with Crippen LogP contribution in [0.5, 0.6) is 11.5 Å². The summed E-state index contributed by atoms with van der Waals surface area (Å²) in [4.78, 5) is 0. The Balaban J connectivity index is 1.99. The fourth-order valence-electron chi connectivity index (χ4n) is 1.74. The first-order chi connectivity index (χ1) is 8.25. The molecule has 0 atom stereocenters. The van der Waals surface area contributed by atoms with Crippen LogP contribution in [-0.4, -0.2) is 19.8 Å². The van der Waals surface area contributed by atoms with E-state index in [1.807, 2.05) is 19.1 Å². The fraction of sp³-hybridized carbons (Fsp3) is 0.429. The summed E-state index contributed by atoms with van der Waals surface area (Å²) in [5, 5.41) is 3.33. The van der Waals surface area contributed by atoms with Gasteiger partial charge < -0.3 is 14.8 Å². The fourth-order valence-corrected chi connectivity index (χ4v) is 1.74. The summed E-state index contributed by atoms with van der Waals surface area (Å²) < 4.78 is 11.2. The third-order valence-corrected chi connectivity index (χ3v) is 2.57. The van der Waals surface area contributed by atoms with Gasteiger partial charge in [-0.2, -0.15) is 0 Å². The van der Waals surface area contributed by atoms with Gasteiger partial charge in [0.05, 0.1) is 13.2 Å². The Morgan fingerprint density at radius 1 is 1.29 bits per heavy atom. The van der Waals surface area contributed by atoms with Gasteiger partial charge in [0.25, 0.3) is 0 Å². The lowest BCUT2D eigenvalue weighted by Crippen LogP contribution is -2.15. The van der Waals surface area contributed by atoms with Crippen molar-refractivity contribution in [3.05, 3.63) is 35.9 Å². The van der Waals surface area contributed by atoms with Crippen LogP contribution in [0, 0.1) is 0 Å². The number of benzene rings is 1. The van der Waals surface area contributed by atoms with Crippen LogP contribution in [0.2, 0.25) is 0 Å². The van der Waals surface area contributed by atoms with Crippen LogP contribution in [0.4, 0.5) is 0 Å². The van der Waals surface area contributed by atoms with Crippen molar-refractivity contribution in [2.45, 2.75) is 19.9 Å². The van der Waals surface area contributed by atoms with E-state index in [1.165, 1.54) is 5.56 Å². The maximum absolute atomic E-state index is 5.65. The molecular formula is C14H19NO2. The minimum Gasteiger partial charge on any atom is -0.490 e. The Kier molecular flexibility index (Phi) is 4.04. The number of nitrogens with one attached hydrogen (secondary N) is 1. The largest absolute Gasteiger partial charge is 0.490 e. The van der Waals surface area contributed by atoms with Crippen LogP contribution in [0.15, 0.2) is 30.4 Å². The van der Waals surface area contributed by atoms with Crippen LogP contribution in [-0.2, 0) is 6.54 Å². The lowest BCUT2D eigenvalue weighted by Gasteiger charge is -2.10. The Labute approximate surface area is 102 Å². The normalized spacial score (nSPS) is 14.2. The zero-order valence-electron chi connectivity index (χ0n) is 10.3. The number of hydrogen-bond acceptors (Lipinski definition) is 3. The summed E-state index contributed by atoms with van der Waals surface area (Å²) in [6.07, 6.45) is 0.942. The summed E-state index contributed by atoms with van der Waals surface area (Å²) in [5.74, 6) is 1.71. The maximum atomic E-state index is 5.65.